The van der Waals surface area contributed by atoms with Crippen LogP contribution in [-0.4, -0.2) is 36.9 Å². The fourth-order valence-corrected chi connectivity index (χ4v) is 3.72. The van der Waals surface area contributed by atoms with Gasteiger partial charge in [0, 0.05) is 0 Å². The van der Waals surface area contributed by atoms with E-state index >= 15 is 0 Å². The molecule has 27 heavy (non-hydrogen) atoms. The Labute approximate surface area is 152 Å². The van der Waals surface area contributed by atoms with Gasteiger partial charge in [0.1, 0.15) is 0 Å². The number of carbonyl (C=O) groups excluding carboxylic acids is 2. The minimum Gasteiger partial charge on any atom is -0.270 e. The number of hydrogen-bond acceptors (Lipinski definition) is 4. The van der Waals surface area contributed by atoms with E-state index in [9.17, 15) is 31.2 Å². The van der Waals surface area contributed by atoms with E-state index in [4.69, 9.17) is 0 Å². The Morgan fingerprint density at radius 1 is 0.926 bits per heavy atom. The molecule has 0 N–H and O–H groups in total. The summed E-state index contributed by atoms with van der Waals surface area (Å²) < 4.78 is 66.5. The van der Waals surface area contributed by atoms with Crippen LogP contribution in [0.15, 0.2) is 71.4 Å². The molecule has 0 radical (unpaired) electrons. The molecule has 0 saturated heterocycles. The molecule has 140 valence electrons. The maximum atomic E-state index is 14.2. The standard InChI is InChI=1S/C18H12F3NO4S/c19-15(18(20,21)27(25,26)12-6-2-1-3-7-12)10-11-22-16(23)13-8-4-5-9-14(13)17(22)24/h1-10H,11H2. The van der Waals surface area contributed by atoms with Crippen LogP contribution in [-0.2, 0) is 9.84 Å². The first-order valence-corrected chi connectivity index (χ1v) is 9.15. The molecule has 5 nitrogen and oxygen atoms in total. The Bertz CT molecular complexity index is 1010. The van der Waals surface area contributed by atoms with Crippen LogP contribution in [0.1, 0.15) is 20.7 Å². The molecule has 1 aliphatic rings. The fourth-order valence-electron chi connectivity index (χ4n) is 2.57. The molecule has 2 aromatic rings. The topological polar surface area (TPSA) is 71.5 Å². The van der Waals surface area contributed by atoms with Crippen LogP contribution in [0.4, 0.5) is 13.2 Å². The first kappa shape index (κ1) is 18.8. The molecule has 3 rings (SSSR count). The molecule has 2 aromatic carbocycles. The molecule has 0 aliphatic carbocycles. The normalized spacial score (nSPS) is 15.2. The number of benzene rings is 2. The Hall–Kier alpha value is -2.94. The third-order valence-electron chi connectivity index (χ3n) is 4.00. The molecular weight excluding hydrogens is 383 g/mol. The smallest absolute Gasteiger partial charge is 0.270 e. The van der Waals surface area contributed by atoms with Crippen LogP contribution >= 0.6 is 0 Å². The van der Waals surface area contributed by atoms with Gasteiger partial charge in [-0.15, -0.1) is 0 Å². The summed E-state index contributed by atoms with van der Waals surface area (Å²) in [4.78, 5) is 24.1. The highest BCUT2D eigenvalue weighted by Gasteiger charge is 2.50. The van der Waals surface area contributed by atoms with Gasteiger partial charge in [0.2, 0.25) is 0 Å². The number of fused-ring (bicyclic) bond motifs is 1. The lowest BCUT2D eigenvalue weighted by Crippen LogP contribution is -2.33. The van der Waals surface area contributed by atoms with Crippen molar-refractivity contribution in [1.82, 2.24) is 4.90 Å². The molecule has 1 heterocycles. The molecular formula is C18H12F3NO4S. The highest BCUT2D eigenvalue weighted by molar-refractivity contribution is 7.92. The highest BCUT2D eigenvalue weighted by atomic mass is 32.2. The molecule has 0 aromatic heterocycles. The van der Waals surface area contributed by atoms with Crippen molar-refractivity contribution in [3.05, 3.63) is 77.6 Å². The van der Waals surface area contributed by atoms with E-state index in [1.165, 1.54) is 42.5 Å². The molecule has 2 amide bonds. The summed E-state index contributed by atoms with van der Waals surface area (Å²) in [5.74, 6) is -3.80. The second-order valence-electron chi connectivity index (χ2n) is 5.65. The van der Waals surface area contributed by atoms with Crippen molar-refractivity contribution in [1.29, 1.82) is 0 Å². The number of sulfone groups is 1. The number of carbonyl (C=O) groups is 2. The first-order valence-electron chi connectivity index (χ1n) is 7.67. The van der Waals surface area contributed by atoms with Gasteiger partial charge in [-0.25, -0.2) is 12.8 Å². The van der Waals surface area contributed by atoms with Crippen molar-refractivity contribution < 1.29 is 31.2 Å². The van der Waals surface area contributed by atoms with Crippen LogP contribution in [0.5, 0.6) is 0 Å². The van der Waals surface area contributed by atoms with E-state index in [0.717, 1.165) is 12.1 Å². The van der Waals surface area contributed by atoms with E-state index in [2.05, 4.69) is 0 Å². The molecule has 0 fully saturated rings. The van der Waals surface area contributed by atoms with Crippen LogP contribution < -0.4 is 0 Å². The van der Waals surface area contributed by atoms with E-state index in [1.54, 1.807) is 0 Å². The predicted molar refractivity (Wildman–Crippen MR) is 89.6 cm³/mol. The van der Waals surface area contributed by atoms with Crippen LogP contribution in [0.25, 0.3) is 0 Å². The Morgan fingerprint density at radius 2 is 1.41 bits per heavy atom. The van der Waals surface area contributed by atoms with Crippen molar-refractivity contribution in [2.24, 2.45) is 0 Å². The fraction of sp³-hybridized carbons (Fsp3) is 0.111. The molecule has 0 bridgehead atoms. The number of hydrogen-bond donors (Lipinski definition) is 0. The van der Waals surface area contributed by atoms with Crippen molar-refractivity contribution in [3.63, 3.8) is 0 Å². The van der Waals surface area contributed by atoms with E-state index in [1.807, 2.05) is 0 Å². The lowest BCUT2D eigenvalue weighted by Gasteiger charge is -2.16. The van der Waals surface area contributed by atoms with Crippen molar-refractivity contribution >= 4 is 21.7 Å². The lowest BCUT2D eigenvalue weighted by atomic mass is 10.1. The minimum atomic E-state index is -5.33. The lowest BCUT2D eigenvalue weighted by molar-refractivity contribution is 0.0666. The second-order valence-corrected chi connectivity index (χ2v) is 7.64. The van der Waals surface area contributed by atoms with Gasteiger partial charge in [-0.05, 0) is 30.3 Å². The summed E-state index contributed by atoms with van der Waals surface area (Å²) in [5.41, 5.74) is 0.139. The number of alkyl halides is 2. The summed E-state index contributed by atoms with van der Waals surface area (Å²) in [5, 5.41) is -4.84. The van der Waals surface area contributed by atoms with E-state index < -0.39 is 44.2 Å². The number of amides is 2. The predicted octanol–water partition coefficient (Wildman–Crippen LogP) is 3.20. The number of rotatable bonds is 5. The molecule has 0 saturated carbocycles. The Kier molecular flexibility index (Phi) is 4.64. The third kappa shape index (κ3) is 3.03. The average molecular weight is 395 g/mol. The molecule has 9 heteroatoms. The SMILES string of the molecule is O=C1c2ccccc2C(=O)N1CC=C(F)C(F)(F)S(=O)(=O)c1ccccc1. The molecule has 1 aliphatic heterocycles. The summed E-state index contributed by atoms with van der Waals surface area (Å²) in [6, 6.07) is 11.5. The van der Waals surface area contributed by atoms with Gasteiger partial charge in [-0.1, -0.05) is 30.3 Å². The average Bonchev–Trinajstić information content (AvgIpc) is 2.91. The Balaban J connectivity index is 1.86. The van der Waals surface area contributed by atoms with Crippen LogP contribution in [0.2, 0.25) is 0 Å². The third-order valence-corrected chi connectivity index (χ3v) is 5.76. The Morgan fingerprint density at radius 3 is 1.93 bits per heavy atom. The van der Waals surface area contributed by atoms with Gasteiger partial charge in [-0.2, -0.15) is 8.78 Å². The van der Waals surface area contributed by atoms with Gasteiger partial charge in [0.05, 0.1) is 22.6 Å². The molecule has 0 unspecified atom stereocenters. The van der Waals surface area contributed by atoms with Crippen molar-refractivity contribution in [3.8, 4) is 0 Å². The molecule has 0 spiro atoms. The zero-order chi connectivity index (χ0) is 19.8. The van der Waals surface area contributed by atoms with Gasteiger partial charge in [0.15, 0.2) is 5.83 Å². The summed E-state index contributed by atoms with van der Waals surface area (Å²) >= 11 is 0. The summed E-state index contributed by atoms with van der Waals surface area (Å²) in [6.45, 7) is -0.821. The van der Waals surface area contributed by atoms with Crippen molar-refractivity contribution in [2.45, 2.75) is 10.2 Å². The maximum absolute atomic E-state index is 14.2. The zero-order valence-electron chi connectivity index (χ0n) is 13.6. The molecule has 0 atom stereocenters. The largest absolute Gasteiger partial charge is 0.400 e. The monoisotopic (exact) mass is 395 g/mol. The van der Waals surface area contributed by atoms with Gasteiger partial charge in [0.25, 0.3) is 21.7 Å². The number of imide groups is 1. The van der Waals surface area contributed by atoms with Gasteiger partial charge in [-0.3, -0.25) is 14.5 Å². The minimum absolute atomic E-state index is 0.0694. The van der Waals surface area contributed by atoms with Gasteiger partial charge >= 0.3 is 5.25 Å². The quantitative estimate of drug-likeness (QED) is 0.729. The zero-order valence-corrected chi connectivity index (χ0v) is 14.4. The van der Waals surface area contributed by atoms with Gasteiger partial charge < -0.3 is 0 Å². The maximum Gasteiger partial charge on any atom is 0.400 e. The second kappa shape index (κ2) is 6.66. The number of halogens is 3. The van der Waals surface area contributed by atoms with E-state index in [-0.39, 0.29) is 17.2 Å². The summed E-state index contributed by atoms with van der Waals surface area (Å²) in [6.07, 6.45) is 0.224. The highest BCUT2D eigenvalue weighted by Crippen LogP contribution is 2.36. The van der Waals surface area contributed by atoms with E-state index in [0.29, 0.717) is 4.90 Å². The number of nitrogens with zero attached hydrogens (tertiary/aromatic N) is 1. The van der Waals surface area contributed by atoms with Crippen LogP contribution in [0.3, 0.4) is 0 Å². The first-order chi connectivity index (χ1) is 12.7. The van der Waals surface area contributed by atoms with Crippen LogP contribution in [0, 0.1) is 0 Å². The summed E-state index contributed by atoms with van der Waals surface area (Å²) in [7, 11) is -5.33. The van der Waals surface area contributed by atoms with Crippen molar-refractivity contribution in [2.75, 3.05) is 6.54 Å².